The molecule has 0 bridgehead atoms. The molecule has 3 N–H and O–H groups in total. The standard InChI is InChI=1S/C17H16F3N3O2S2/c1-9(11-3-5-12(6-4-11)17(18,19)20)7-14(25)23-16-22-10(2)15(27-16)26-8-13(21)24/h3-7H,8H2,1-2H3,(H2,21,24)(H,22,23,25)/b9-7+. The lowest BCUT2D eigenvalue weighted by Gasteiger charge is -2.08. The maximum absolute atomic E-state index is 12.6. The molecule has 27 heavy (non-hydrogen) atoms. The van der Waals surface area contributed by atoms with E-state index in [2.05, 4.69) is 10.3 Å². The van der Waals surface area contributed by atoms with Gasteiger partial charge in [0.1, 0.15) is 0 Å². The molecule has 0 aliphatic carbocycles. The van der Waals surface area contributed by atoms with Crippen LogP contribution in [-0.2, 0) is 15.8 Å². The summed E-state index contributed by atoms with van der Waals surface area (Å²) in [6, 6.07) is 4.57. The van der Waals surface area contributed by atoms with E-state index < -0.39 is 23.6 Å². The van der Waals surface area contributed by atoms with E-state index >= 15 is 0 Å². The van der Waals surface area contributed by atoms with Crippen LogP contribution in [0, 0.1) is 6.92 Å². The Bertz CT molecular complexity index is 875. The third-order valence-corrected chi connectivity index (χ3v) is 5.80. The van der Waals surface area contributed by atoms with Crippen molar-refractivity contribution in [1.82, 2.24) is 4.98 Å². The molecule has 0 aliphatic rings. The van der Waals surface area contributed by atoms with Crippen molar-refractivity contribution in [3.8, 4) is 0 Å². The van der Waals surface area contributed by atoms with Gasteiger partial charge in [-0.25, -0.2) is 4.98 Å². The van der Waals surface area contributed by atoms with Gasteiger partial charge in [0.15, 0.2) is 5.13 Å². The molecule has 1 aromatic heterocycles. The number of primary amides is 1. The molecule has 0 atom stereocenters. The SMILES string of the molecule is C/C(=C\C(=O)Nc1nc(C)c(SCC(N)=O)s1)c1ccc(C(F)(F)F)cc1. The quantitative estimate of drug-likeness (QED) is 0.550. The summed E-state index contributed by atoms with van der Waals surface area (Å²) in [7, 11) is 0. The van der Waals surface area contributed by atoms with Crippen molar-refractivity contribution in [2.75, 3.05) is 11.1 Å². The Hall–Kier alpha value is -2.33. The van der Waals surface area contributed by atoms with Crippen LogP contribution in [0.2, 0.25) is 0 Å². The van der Waals surface area contributed by atoms with E-state index in [1.54, 1.807) is 13.8 Å². The third-order valence-electron chi connectivity index (χ3n) is 3.34. The van der Waals surface area contributed by atoms with Gasteiger partial charge in [-0.3, -0.25) is 14.9 Å². The highest BCUT2D eigenvalue weighted by molar-refractivity contribution is 8.01. The number of rotatable bonds is 6. The number of thioether (sulfide) groups is 1. The lowest BCUT2D eigenvalue weighted by molar-refractivity contribution is -0.137. The molecule has 1 heterocycles. The van der Waals surface area contributed by atoms with Crippen molar-refractivity contribution in [3.63, 3.8) is 0 Å². The lowest BCUT2D eigenvalue weighted by atomic mass is 10.0. The smallest absolute Gasteiger partial charge is 0.369 e. The molecule has 0 unspecified atom stereocenters. The normalized spacial score (nSPS) is 12.1. The molecule has 0 fully saturated rings. The summed E-state index contributed by atoms with van der Waals surface area (Å²) in [6.07, 6.45) is -3.12. The van der Waals surface area contributed by atoms with Crippen LogP contribution in [-0.4, -0.2) is 22.6 Å². The number of hydrogen-bond donors (Lipinski definition) is 2. The first kappa shape index (κ1) is 21.0. The number of anilines is 1. The Morgan fingerprint density at radius 2 is 1.93 bits per heavy atom. The number of thiazole rings is 1. The molecular formula is C17H16F3N3O2S2. The number of halogens is 3. The van der Waals surface area contributed by atoms with E-state index in [9.17, 15) is 22.8 Å². The van der Waals surface area contributed by atoms with E-state index in [-0.39, 0.29) is 5.75 Å². The number of aryl methyl sites for hydroxylation is 1. The summed E-state index contributed by atoms with van der Waals surface area (Å²) in [5.41, 5.74) is 6.05. The van der Waals surface area contributed by atoms with E-state index in [0.717, 1.165) is 16.3 Å². The topological polar surface area (TPSA) is 85.1 Å². The molecule has 10 heteroatoms. The highest BCUT2D eigenvalue weighted by Gasteiger charge is 2.29. The summed E-state index contributed by atoms with van der Waals surface area (Å²) in [6.45, 7) is 3.38. The van der Waals surface area contributed by atoms with Crippen LogP contribution in [0.15, 0.2) is 34.6 Å². The van der Waals surface area contributed by atoms with Crippen molar-refractivity contribution in [2.24, 2.45) is 5.73 Å². The van der Waals surface area contributed by atoms with E-state index in [4.69, 9.17) is 5.73 Å². The number of aromatic nitrogens is 1. The summed E-state index contributed by atoms with van der Waals surface area (Å²) in [4.78, 5) is 27.2. The van der Waals surface area contributed by atoms with Crippen LogP contribution >= 0.6 is 23.1 Å². The number of nitrogens with one attached hydrogen (secondary N) is 1. The number of amides is 2. The Morgan fingerprint density at radius 1 is 1.30 bits per heavy atom. The summed E-state index contributed by atoms with van der Waals surface area (Å²) in [5.74, 6) is -0.787. The molecule has 0 saturated heterocycles. The summed E-state index contributed by atoms with van der Waals surface area (Å²) in [5, 5.41) is 2.97. The van der Waals surface area contributed by atoms with Gasteiger partial charge in [-0.15, -0.1) is 11.8 Å². The zero-order valence-corrected chi connectivity index (χ0v) is 16.0. The predicted molar refractivity (Wildman–Crippen MR) is 100 cm³/mol. The number of allylic oxidation sites excluding steroid dienone is 1. The molecule has 2 rings (SSSR count). The van der Waals surface area contributed by atoms with Gasteiger partial charge < -0.3 is 5.73 Å². The number of benzene rings is 1. The van der Waals surface area contributed by atoms with E-state index in [1.807, 2.05) is 0 Å². The minimum absolute atomic E-state index is 0.114. The number of nitrogens with two attached hydrogens (primary N) is 1. The molecule has 5 nitrogen and oxygen atoms in total. The highest BCUT2D eigenvalue weighted by Crippen LogP contribution is 2.32. The summed E-state index contributed by atoms with van der Waals surface area (Å²) >= 11 is 2.46. The third kappa shape index (κ3) is 6.10. The van der Waals surface area contributed by atoms with Crippen LogP contribution in [0.5, 0.6) is 0 Å². The number of alkyl halides is 3. The molecule has 0 saturated carbocycles. The van der Waals surface area contributed by atoms with Gasteiger partial charge in [0, 0.05) is 6.08 Å². The van der Waals surface area contributed by atoms with Crippen LogP contribution in [0.1, 0.15) is 23.7 Å². The van der Waals surface area contributed by atoms with Gasteiger partial charge in [-0.1, -0.05) is 23.5 Å². The second kappa shape index (κ2) is 8.57. The zero-order valence-electron chi connectivity index (χ0n) is 14.4. The van der Waals surface area contributed by atoms with Crippen molar-refractivity contribution < 1.29 is 22.8 Å². The molecule has 0 radical (unpaired) electrons. The van der Waals surface area contributed by atoms with Crippen molar-refractivity contribution in [1.29, 1.82) is 0 Å². The average Bonchev–Trinajstić information content (AvgIpc) is 2.91. The first-order valence-corrected chi connectivity index (χ1v) is 9.42. The Morgan fingerprint density at radius 3 is 2.48 bits per heavy atom. The minimum atomic E-state index is -4.40. The van der Waals surface area contributed by atoms with E-state index in [1.165, 1.54) is 41.3 Å². The van der Waals surface area contributed by atoms with Crippen LogP contribution in [0.3, 0.4) is 0 Å². The first-order chi connectivity index (χ1) is 12.6. The van der Waals surface area contributed by atoms with Gasteiger partial charge in [0.2, 0.25) is 11.8 Å². The fraction of sp³-hybridized carbons (Fsp3) is 0.235. The van der Waals surface area contributed by atoms with Crippen molar-refractivity contribution >= 4 is 45.6 Å². The summed E-state index contributed by atoms with van der Waals surface area (Å²) < 4.78 is 38.6. The molecule has 0 spiro atoms. The Labute approximate surface area is 161 Å². The molecule has 2 aromatic rings. The van der Waals surface area contributed by atoms with Crippen LogP contribution in [0.4, 0.5) is 18.3 Å². The maximum Gasteiger partial charge on any atom is 0.416 e. The second-order valence-electron chi connectivity index (χ2n) is 5.54. The van der Waals surface area contributed by atoms with E-state index in [0.29, 0.717) is 22.0 Å². The molecule has 144 valence electrons. The van der Waals surface area contributed by atoms with Gasteiger partial charge in [0.05, 0.1) is 21.2 Å². The first-order valence-electron chi connectivity index (χ1n) is 7.61. The van der Waals surface area contributed by atoms with Gasteiger partial charge in [0.25, 0.3) is 0 Å². The van der Waals surface area contributed by atoms with Crippen LogP contribution < -0.4 is 11.1 Å². The van der Waals surface area contributed by atoms with Crippen molar-refractivity contribution in [3.05, 3.63) is 47.2 Å². The van der Waals surface area contributed by atoms with Crippen molar-refractivity contribution in [2.45, 2.75) is 24.2 Å². The minimum Gasteiger partial charge on any atom is -0.369 e. The maximum atomic E-state index is 12.6. The zero-order chi connectivity index (χ0) is 20.2. The second-order valence-corrected chi connectivity index (χ2v) is 7.78. The van der Waals surface area contributed by atoms with Gasteiger partial charge in [-0.2, -0.15) is 13.2 Å². The fourth-order valence-corrected chi connectivity index (χ4v) is 3.93. The molecule has 0 aliphatic heterocycles. The molecule has 1 aromatic carbocycles. The van der Waals surface area contributed by atoms with Gasteiger partial charge >= 0.3 is 6.18 Å². The molecule has 2 amide bonds. The average molecular weight is 415 g/mol. The number of carbonyl (C=O) groups excluding carboxylic acids is 2. The number of nitrogens with zero attached hydrogens (tertiary/aromatic N) is 1. The Kier molecular flexibility index (Phi) is 6.66. The number of carbonyl (C=O) groups is 2. The van der Waals surface area contributed by atoms with Gasteiger partial charge in [-0.05, 0) is 37.1 Å². The fourth-order valence-electron chi connectivity index (χ4n) is 2.05. The van der Waals surface area contributed by atoms with Crippen LogP contribution in [0.25, 0.3) is 5.57 Å². The predicted octanol–water partition coefficient (Wildman–Crippen LogP) is 4.09. The molecular weight excluding hydrogens is 399 g/mol. The monoisotopic (exact) mass is 415 g/mol. The Balaban J connectivity index is 2.05. The number of hydrogen-bond acceptors (Lipinski definition) is 5. The highest BCUT2D eigenvalue weighted by atomic mass is 32.2. The lowest BCUT2D eigenvalue weighted by Crippen LogP contribution is -2.12. The largest absolute Gasteiger partial charge is 0.416 e.